The van der Waals surface area contributed by atoms with Crippen LogP contribution in [0.5, 0.6) is 0 Å². The number of alkyl halides is 3. The zero-order valence-corrected chi connectivity index (χ0v) is 15.2. The summed E-state index contributed by atoms with van der Waals surface area (Å²) in [4.78, 5) is 35.4. The number of halogens is 3. The second kappa shape index (κ2) is 10.3. The number of esters is 2. The molecule has 1 amide bonds. The molecule has 0 saturated heterocycles. The first-order valence-corrected chi connectivity index (χ1v) is 8.51. The van der Waals surface area contributed by atoms with Crippen molar-refractivity contribution in [3.63, 3.8) is 0 Å². The lowest BCUT2D eigenvalue weighted by atomic mass is 10.2. The summed E-state index contributed by atoms with van der Waals surface area (Å²) in [7, 11) is 0. The highest BCUT2D eigenvalue weighted by molar-refractivity contribution is 5.89. The topological polar surface area (TPSA) is 72.9 Å². The van der Waals surface area contributed by atoms with Crippen LogP contribution in [0.1, 0.15) is 11.1 Å². The second-order valence-corrected chi connectivity index (χ2v) is 5.95. The fourth-order valence-corrected chi connectivity index (χ4v) is 2.26. The monoisotopic (exact) mass is 409 g/mol. The van der Waals surface area contributed by atoms with Crippen LogP contribution in [0.2, 0.25) is 0 Å². The van der Waals surface area contributed by atoms with E-state index in [0.717, 1.165) is 0 Å². The van der Waals surface area contributed by atoms with Gasteiger partial charge >= 0.3 is 24.0 Å². The number of ether oxygens (including phenoxy) is 2. The number of amides is 1. The molecule has 0 saturated carbocycles. The Morgan fingerprint density at radius 2 is 1.10 bits per heavy atom. The minimum atomic E-state index is -5.25. The lowest BCUT2D eigenvalue weighted by Gasteiger charge is -2.22. The molecule has 0 N–H and O–H groups in total. The van der Waals surface area contributed by atoms with Crippen LogP contribution in [0.3, 0.4) is 0 Å². The summed E-state index contributed by atoms with van der Waals surface area (Å²) in [6.45, 7) is -2.42. The van der Waals surface area contributed by atoms with Crippen molar-refractivity contribution in [2.24, 2.45) is 0 Å². The smallest absolute Gasteiger partial charge is 0.459 e. The quantitative estimate of drug-likeness (QED) is 0.627. The molecule has 29 heavy (non-hydrogen) atoms. The average molecular weight is 409 g/mol. The Balaban J connectivity index is 1.94. The third-order valence-electron chi connectivity index (χ3n) is 3.65. The Morgan fingerprint density at radius 1 is 0.724 bits per heavy atom. The molecular formula is C20H18F3NO5. The Kier molecular flexibility index (Phi) is 7.76. The van der Waals surface area contributed by atoms with Crippen LogP contribution in [-0.2, 0) is 37.1 Å². The van der Waals surface area contributed by atoms with Gasteiger partial charge in [0.05, 0.1) is 0 Å². The van der Waals surface area contributed by atoms with Crippen LogP contribution in [0.15, 0.2) is 60.7 Å². The lowest BCUT2D eigenvalue weighted by Crippen LogP contribution is -2.46. The van der Waals surface area contributed by atoms with E-state index < -0.39 is 37.1 Å². The largest absolute Gasteiger partial charge is 0.471 e. The summed E-state index contributed by atoms with van der Waals surface area (Å²) >= 11 is 0. The molecule has 0 heterocycles. The molecule has 0 atom stereocenters. The summed E-state index contributed by atoms with van der Waals surface area (Å²) in [6, 6.07) is 16.9. The molecule has 2 rings (SSSR count). The Bertz CT molecular complexity index is 768. The highest BCUT2D eigenvalue weighted by atomic mass is 19.4. The highest BCUT2D eigenvalue weighted by Crippen LogP contribution is 2.18. The molecule has 9 heteroatoms. The summed E-state index contributed by atoms with van der Waals surface area (Å²) in [5, 5.41) is 0. The van der Waals surface area contributed by atoms with Gasteiger partial charge in [0.2, 0.25) is 0 Å². The van der Waals surface area contributed by atoms with E-state index in [0.29, 0.717) is 11.1 Å². The van der Waals surface area contributed by atoms with Gasteiger partial charge in [0, 0.05) is 0 Å². The molecule has 6 nitrogen and oxygen atoms in total. The van der Waals surface area contributed by atoms with Gasteiger partial charge in [0.25, 0.3) is 0 Å². The molecule has 2 aromatic carbocycles. The molecule has 0 bridgehead atoms. The number of benzene rings is 2. The van der Waals surface area contributed by atoms with Crippen LogP contribution < -0.4 is 0 Å². The van der Waals surface area contributed by atoms with Crippen LogP contribution in [0.25, 0.3) is 0 Å². The molecule has 0 unspecified atom stereocenters. The number of carbonyl (C=O) groups is 3. The third kappa shape index (κ3) is 7.65. The Morgan fingerprint density at radius 3 is 1.45 bits per heavy atom. The van der Waals surface area contributed by atoms with E-state index in [4.69, 9.17) is 9.47 Å². The molecule has 2 aromatic rings. The zero-order chi connectivity index (χ0) is 21.3. The van der Waals surface area contributed by atoms with E-state index in [1.807, 2.05) is 0 Å². The number of rotatable bonds is 8. The van der Waals surface area contributed by atoms with Gasteiger partial charge in [-0.3, -0.25) is 14.4 Å². The van der Waals surface area contributed by atoms with Crippen molar-refractivity contribution < 1.29 is 37.0 Å². The number of carbonyl (C=O) groups excluding carboxylic acids is 3. The van der Waals surface area contributed by atoms with E-state index in [2.05, 4.69) is 0 Å². The van der Waals surface area contributed by atoms with Gasteiger partial charge in [-0.1, -0.05) is 60.7 Å². The van der Waals surface area contributed by atoms with Crippen LogP contribution >= 0.6 is 0 Å². The first-order chi connectivity index (χ1) is 13.8. The summed E-state index contributed by atoms with van der Waals surface area (Å²) in [5.41, 5.74) is 1.24. The normalized spacial score (nSPS) is 10.9. The van der Waals surface area contributed by atoms with Crippen LogP contribution in [-0.4, -0.2) is 42.0 Å². The van der Waals surface area contributed by atoms with Gasteiger partial charge in [0.1, 0.15) is 26.3 Å². The van der Waals surface area contributed by atoms with E-state index in [1.54, 1.807) is 60.7 Å². The van der Waals surface area contributed by atoms with E-state index >= 15 is 0 Å². The summed E-state index contributed by atoms with van der Waals surface area (Å²) in [6.07, 6.45) is -5.25. The van der Waals surface area contributed by atoms with Crippen molar-refractivity contribution in [3.05, 3.63) is 71.8 Å². The first kappa shape index (κ1) is 21.9. The van der Waals surface area contributed by atoms with Crippen molar-refractivity contribution in [3.8, 4) is 0 Å². The Labute approximate surface area is 164 Å². The highest BCUT2D eigenvalue weighted by Gasteiger charge is 2.43. The van der Waals surface area contributed by atoms with Crippen molar-refractivity contribution >= 4 is 17.8 Å². The predicted molar refractivity (Wildman–Crippen MR) is 95.1 cm³/mol. The van der Waals surface area contributed by atoms with E-state index in [1.165, 1.54) is 0 Å². The van der Waals surface area contributed by atoms with Crippen molar-refractivity contribution in [2.45, 2.75) is 19.4 Å². The number of nitrogens with zero attached hydrogens (tertiary/aromatic N) is 1. The standard InChI is InChI=1S/C20H18F3NO5/c21-20(22,23)19(27)24(11-17(25)28-13-15-7-3-1-4-8-15)12-18(26)29-14-16-9-5-2-6-10-16/h1-10H,11-14H2. The molecule has 0 aliphatic carbocycles. The first-order valence-electron chi connectivity index (χ1n) is 8.51. The molecular weight excluding hydrogens is 391 g/mol. The maximum absolute atomic E-state index is 12.8. The van der Waals surface area contributed by atoms with Crippen LogP contribution in [0, 0.1) is 0 Å². The fourth-order valence-electron chi connectivity index (χ4n) is 2.26. The van der Waals surface area contributed by atoms with Gasteiger partial charge in [-0.2, -0.15) is 13.2 Å². The molecule has 0 aliphatic rings. The van der Waals surface area contributed by atoms with Gasteiger partial charge in [-0.25, -0.2) is 0 Å². The second-order valence-electron chi connectivity index (χ2n) is 5.95. The molecule has 0 spiro atoms. The maximum Gasteiger partial charge on any atom is 0.471 e. The van der Waals surface area contributed by atoms with E-state index in [9.17, 15) is 27.6 Å². The van der Waals surface area contributed by atoms with Crippen molar-refractivity contribution in [1.29, 1.82) is 0 Å². The minimum absolute atomic E-state index is 0.0562. The third-order valence-corrected chi connectivity index (χ3v) is 3.65. The lowest BCUT2D eigenvalue weighted by molar-refractivity contribution is -0.188. The van der Waals surface area contributed by atoms with Gasteiger partial charge < -0.3 is 14.4 Å². The molecule has 0 fully saturated rings. The van der Waals surface area contributed by atoms with E-state index in [-0.39, 0.29) is 18.1 Å². The minimum Gasteiger partial charge on any atom is -0.459 e. The summed E-state index contributed by atoms with van der Waals surface area (Å²) < 4.78 is 48.2. The van der Waals surface area contributed by atoms with Gasteiger partial charge in [-0.15, -0.1) is 0 Å². The number of hydrogen-bond donors (Lipinski definition) is 0. The molecule has 0 aliphatic heterocycles. The van der Waals surface area contributed by atoms with Crippen molar-refractivity contribution in [2.75, 3.05) is 13.1 Å². The summed E-state index contributed by atoms with van der Waals surface area (Å²) in [5.74, 6) is -4.49. The van der Waals surface area contributed by atoms with Gasteiger partial charge in [-0.05, 0) is 11.1 Å². The molecule has 0 aromatic heterocycles. The van der Waals surface area contributed by atoms with Gasteiger partial charge in [0.15, 0.2) is 0 Å². The Hall–Kier alpha value is -3.36. The number of hydrogen-bond acceptors (Lipinski definition) is 5. The molecule has 0 radical (unpaired) electrons. The molecule has 154 valence electrons. The SMILES string of the molecule is O=C(CN(CC(=O)OCc1ccccc1)C(=O)C(F)(F)F)OCc1ccccc1. The zero-order valence-electron chi connectivity index (χ0n) is 15.2. The maximum atomic E-state index is 12.8. The fraction of sp³-hybridized carbons (Fsp3) is 0.250. The average Bonchev–Trinajstić information content (AvgIpc) is 2.70. The van der Waals surface area contributed by atoms with Crippen molar-refractivity contribution in [1.82, 2.24) is 4.90 Å². The van der Waals surface area contributed by atoms with Crippen LogP contribution in [0.4, 0.5) is 13.2 Å². The predicted octanol–water partition coefficient (Wildman–Crippen LogP) is 2.86.